The van der Waals surface area contributed by atoms with E-state index in [0.717, 1.165) is 43.2 Å². The van der Waals surface area contributed by atoms with Crippen molar-refractivity contribution in [2.75, 3.05) is 24.6 Å². The SMILES string of the molecule is CC1C(=O)NN=C2COc3cc(-c4ccccc4)c(C4CCNCC4)cc3N21.O=C(O)C(F)(F)F. The molecule has 186 valence electrons. The molecule has 0 spiro atoms. The van der Waals surface area contributed by atoms with Crippen LogP contribution in [0, 0.1) is 0 Å². The summed E-state index contributed by atoms with van der Waals surface area (Å²) in [7, 11) is 0. The highest BCUT2D eigenvalue weighted by Crippen LogP contribution is 2.44. The second-order valence-corrected chi connectivity index (χ2v) is 8.44. The summed E-state index contributed by atoms with van der Waals surface area (Å²) in [6, 6.07) is 14.6. The topological polar surface area (TPSA) is 103 Å². The largest absolute Gasteiger partial charge is 0.490 e. The van der Waals surface area contributed by atoms with Gasteiger partial charge in [0.1, 0.15) is 18.4 Å². The number of alkyl halides is 3. The van der Waals surface area contributed by atoms with E-state index in [-0.39, 0.29) is 11.9 Å². The van der Waals surface area contributed by atoms with Gasteiger partial charge in [-0.2, -0.15) is 18.3 Å². The van der Waals surface area contributed by atoms with E-state index in [0.29, 0.717) is 12.5 Å². The first kappa shape index (κ1) is 24.5. The van der Waals surface area contributed by atoms with E-state index in [9.17, 15) is 18.0 Å². The maximum Gasteiger partial charge on any atom is 0.490 e. The van der Waals surface area contributed by atoms with Crippen LogP contribution in [0.15, 0.2) is 47.6 Å². The number of rotatable bonds is 2. The van der Waals surface area contributed by atoms with Crippen LogP contribution in [0.1, 0.15) is 31.2 Å². The number of aliphatic carboxylic acids is 1. The van der Waals surface area contributed by atoms with Crippen molar-refractivity contribution in [3.63, 3.8) is 0 Å². The van der Waals surface area contributed by atoms with E-state index in [1.54, 1.807) is 0 Å². The van der Waals surface area contributed by atoms with Crippen LogP contribution in [0.4, 0.5) is 18.9 Å². The number of carboxylic acid groups (broad SMARTS) is 1. The van der Waals surface area contributed by atoms with Crippen molar-refractivity contribution in [1.82, 2.24) is 10.7 Å². The Morgan fingerprint density at radius 3 is 2.46 bits per heavy atom. The maximum absolute atomic E-state index is 12.2. The van der Waals surface area contributed by atoms with Crippen molar-refractivity contribution in [3.05, 3.63) is 48.0 Å². The quantitative estimate of drug-likeness (QED) is 0.596. The molecule has 11 heteroatoms. The lowest BCUT2D eigenvalue weighted by Gasteiger charge is -2.39. The molecule has 2 aromatic carbocycles. The minimum absolute atomic E-state index is 0.0906. The van der Waals surface area contributed by atoms with Crippen LogP contribution < -0.4 is 20.4 Å². The number of piperidine rings is 1. The Morgan fingerprint density at radius 1 is 1.17 bits per heavy atom. The van der Waals surface area contributed by atoms with Crippen LogP contribution in [0.25, 0.3) is 11.1 Å². The zero-order chi connectivity index (χ0) is 25.2. The Morgan fingerprint density at radius 2 is 1.83 bits per heavy atom. The summed E-state index contributed by atoms with van der Waals surface area (Å²) in [5.41, 5.74) is 7.29. The average molecular weight is 490 g/mol. The van der Waals surface area contributed by atoms with Gasteiger partial charge in [0.05, 0.1) is 5.69 Å². The summed E-state index contributed by atoms with van der Waals surface area (Å²) in [6.07, 6.45) is -2.87. The fourth-order valence-corrected chi connectivity index (χ4v) is 4.43. The number of carboxylic acids is 1. The summed E-state index contributed by atoms with van der Waals surface area (Å²) < 4.78 is 37.8. The zero-order valence-corrected chi connectivity index (χ0v) is 18.9. The van der Waals surface area contributed by atoms with Crippen LogP contribution in [-0.2, 0) is 9.59 Å². The van der Waals surface area contributed by atoms with Gasteiger partial charge in [-0.05, 0) is 67.6 Å². The number of nitrogens with zero attached hydrogens (tertiary/aromatic N) is 2. The van der Waals surface area contributed by atoms with Crippen LogP contribution in [0.2, 0.25) is 0 Å². The van der Waals surface area contributed by atoms with Gasteiger partial charge in [-0.3, -0.25) is 4.79 Å². The third-order valence-electron chi connectivity index (χ3n) is 6.19. The van der Waals surface area contributed by atoms with Crippen molar-refractivity contribution in [3.8, 4) is 16.9 Å². The molecule has 8 nitrogen and oxygen atoms in total. The van der Waals surface area contributed by atoms with E-state index in [1.165, 1.54) is 16.7 Å². The van der Waals surface area contributed by atoms with Gasteiger partial charge in [0.25, 0.3) is 5.91 Å². The number of carbonyl (C=O) groups is 2. The predicted molar refractivity (Wildman–Crippen MR) is 123 cm³/mol. The molecule has 3 N–H and O–H groups in total. The van der Waals surface area contributed by atoms with Crippen molar-refractivity contribution in [2.45, 2.75) is 37.9 Å². The maximum atomic E-state index is 12.2. The predicted octanol–water partition coefficient (Wildman–Crippen LogP) is 3.48. The highest BCUT2D eigenvalue weighted by atomic mass is 19.4. The highest BCUT2D eigenvalue weighted by molar-refractivity contribution is 6.09. The lowest BCUT2D eigenvalue weighted by Crippen LogP contribution is -2.55. The van der Waals surface area contributed by atoms with Gasteiger partial charge in [-0.1, -0.05) is 30.3 Å². The molecular formula is C24H25F3N4O4. The van der Waals surface area contributed by atoms with E-state index >= 15 is 0 Å². The number of halogens is 3. The van der Waals surface area contributed by atoms with Crippen molar-refractivity contribution in [2.24, 2.45) is 5.10 Å². The van der Waals surface area contributed by atoms with Gasteiger partial charge in [0, 0.05) is 0 Å². The Hall–Kier alpha value is -3.60. The van der Waals surface area contributed by atoms with Gasteiger partial charge < -0.3 is 20.1 Å². The first-order chi connectivity index (χ1) is 16.7. The number of ether oxygens (including phenoxy) is 1. The van der Waals surface area contributed by atoms with E-state index in [2.05, 4.69) is 52.2 Å². The molecule has 0 bridgehead atoms. The molecule has 3 aliphatic heterocycles. The molecule has 0 aromatic heterocycles. The molecule has 5 rings (SSSR count). The molecule has 1 saturated heterocycles. The van der Waals surface area contributed by atoms with Gasteiger partial charge in [-0.15, -0.1) is 0 Å². The standard InChI is InChI=1S/C22H24N4O2.C2HF3O2/c1-14-22(27)25-24-21-13-28-20-12-18(15-5-3-2-4-6-15)17(11-19(20)26(14)21)16-7-9-23-10-8-16;3-2(4,5)1(6)7/h2-6,11-12,14,16,23H,7-10,13H2,1H3,(H,25,27);(H,6,7). The molecule has 1 amide bonds. The van der Waals surface area contributed by atoms with E-state index in [4.69, 9.17) is 14.6 Å². The molecule has 0 aliphatic carbocycles. The number of anilines is 1. The first-order valence-electron chi connectivity index (χ1n) is 11.2. The van der Waals surface area contributed by atoms with Crippen molar-refractivity contribution >= 4 is 23.4 Å². The molecule has 35 heavy (non-hydrogen) atoms. The molecule has 0 saturated carbocycles. The number of hydrazone groups is 1. The van der Waals surface area contributed by atoms with Gasteiger partial charge in [0.2, 0.25) is 0 Å². The molecule has 3 heterocycles. The third-order valence-corrected chi connectivity index (χ3v) is 6.19. The summed E-state index contributed by atoms with van der Waals surface area (Å²) in [5.74, 6) is -0.794. The number of fused-ring (bicyclic) bond motifs is 3. The molecule has 1 unspecified atom stereocenters. The van der Waals surface area contributed by atoms with Crippen molar-refractivity contribution in [1.29, 1.82) is 0 Å². The fraction of sp³-hybridized carbons (Fsp3) is 0.375. The van der Waals surface area contributed by atoms with Crippen molar-refractivity contribution < 1.29 is 32.6 Å². The molecule has 1 fully saturated rings. The monoisotopic (exact) mass is 490 g/mol. The summed E-state index contributed by atoms with van der Waals surface area (Å²) in [5, 5.41) is 14.8. The Kier molecular flexibility index (Phi) is 6.97. The second-order valence-electron chi connectivity index (χ2n) is 8.44. The number of carbonyl (C=O) groups excluding carboxylic acids is 1. The smallest absolute Gasteiger partial charge is 0.483 e. The molecule has 1 atom stereocenters. The van der Waals surface area contributed by atoms with Crippen LogP contribution in [-0.4, -0.2) is 54.7 Å². The zero-order valence-electron chi connectivity index (χ0n) is 18.9. The Labute approximate surface area is 199 Å². The number of benzene rings is 2. The number of amidine groups is 1. The minimum Gasteiger partial charge on any atom is -0.483 e. The Bertz CT molecular complexity index is 1130. The minimum atomic E-state index is -5.08. The lowest BCUT2D eigenvalue weighted by molar-refractivity contribution is -0.192. The normalized spacial score (nSPS) is 19.8. The number of nitrogens with one attached hydrogen (secondary N) is 2. The molecular weight excluding hydrogens is 465 g/mol. The molecule has 0 radical (unpaired) electrons. The van der Waals surface area contributed by atoms with Gasteiger partial charge in [0.15, 0.2) is 5.84 Å². The number of hydrogen-bond donors (Lipinski definition) is 3. The summed E-state index contributed by atoms with van der Waals surface area (Å²) in [6.45, 7) is 4.33. The first-order valence-corrected chi connectivity index (χ1v) is 11.2. The number of hydrogen-bond acceptors (Lipinski definition) is 6. The van der Waals surface area contributed by atoms with Gasteiger partial charge in [-0.25, -0.2) is 10.2 Å². The summed E-state index contributed by atoms with van der Waals surface area (Å²) in [4.78, 5) is 23.1. The number of amides is 1. The third kappa shape index (κ3) is 5.24. The lowest BCUT2D eigenvalue weighted by atomic mass is 9.84. The fourth-order valence-electron chi connectivity index (χ4n) is 4.43. The molecule has 3 aliphatic rings. The molecule has 2 aromatic rings. The van der Waals surface area contributed by atoms with Crippen LogP contribution in [0.5, 0.6) is 5.75 Å². The van der Waals surface area contributed by atoms with E-state index in [1.807, 2.05) is 17.9 Å². The second kappa shape index (κ2) is 9.95. The Balaban J connectivity index is 0.000000364. The van der Waals surface area contributed by atoms with Crippen LogP contribution in [0.3, 0.4) is 0 Å². The van der Waals surface area contributed by atoms with Gasteiger partial charge >= 0.3 is 12.1 Å². The average Bonchev–Trinajstić information content (AvgIpc) is 2.86. The highest BCUT2D eigenvalue weighted by Gasteiger charge is 2.38. The van der Waals surface area contributed by atoms with E-state index < -0.39 is 12.1 Å². The van der Waals surface area contributed by atoms with Crippen LogP contribution >= 0.6 is 0 Å². The summed E-state index contributed by atoms with van der Waals surface area (Å²) >= 11 is 0.